The Hall–Kier alpha value is -2.02. The molecule has 0 amide bonds. The molecule has 1 fully saturated rings. The lowest BCUT2D eigenvalue weighted by atomic mass is 9.98. The van der Waals surface area contributed by atoms with Crippen molar-refractivity contribution in [2.45, 2.75) is 18.7 Å². The van der Waals surface area contributed by atoms with E-state index in [0.29, 0.717) is 19.2 Å². The van der Waals surface area contributed by atoms with Crippen LogP contribution in [-0.4, -0.2) is 52.9 Å². The highest BCUT2D eigenvalue weighted by atomic mass is 16.5. The van der Waals surface area contributed by atoms with Gasteiger partial charge >= 0.3 is 6.01 Å². The average molecular weight is 315 g/mol. The Morgan fingerprint density at radius 1 is 1.26 bits per heavy atom. The van der Waals surface area contributed by atoms with E-state index in [-0.39, 0.29) is 18.8 Å². The minimum Gasteiger partial charge on any atom is -0.467 e. The van der Waals surface area contributed by atoms with Gasteiger partial charge < -0.3 is 14.6 Å². The van der Waals surface area contributed by atoms with Gasteiger partial charge in [-0.25, -0.2) is 9.97 Å². The van der Waals surface area contributed by atoms with Crippen molar-refractivity contribution in [2.24, 2.45) is 0 Å². The molecule has 0 unspecified atom stereocenters. The number of rotatable bonds is 5. The zero-order chi connectivity index (χ0) is 16.1. The molecule has 1 aliphatic heterocycles. The van der Waals surface area contributed by atoms with Crippen molar-refractivity contribution in [3.8, 4) is 6.01 Å². The number of methoxy groups -OCH3 is 1. The first-order valence-corrected chi connectivity index (χ1v) is 7.68. The Labute approximate surface area is 135 Å². The van der Waals surface area contributed by atoms with Crippen LogP contribution in [0.3, 0.4) is 0 Å². The molecule has 2 atom stereocenters. The predicted octanol–water partition coefficient (Wildman–Crippen LogP) is 1.42. The smallest absolute Gasteiger partial charge is 0.316 e. The molecule has 2 heterocycles. The highest BCUT2D eigenvalue weighted by Gasteiger charge is 2.33. The van der Waals surface area contributed by atoms with Gasteiger partial charge in [0.25, 0.3) is 0 Å². The highest BCUT2D eigenvalue weighted by molar-refractivity contribution is 5.21. The fourth-order valence-corrected chi connectivity index (χ4v) is 2.96. The molecule has 122 valence electrons. The normalized spacial score (nSPS) is 22.0. The number of hydrogen-bond donors (Lipinski definition) is 1. The SMILES string of the molecule is COc1ncc(CN2CCO[C@@H](CO)[C@@H]2c2ccccc2)cn1. The maximum Gasteiger partial charge on any atom is 0.316 e. The number of aliphatic hydroxyl groups is 1. The standard InChI is InChI=1S/C17H21N3O3/c1-22-17-18-9-13(10-19-17)11-20-7-8-23-15(12-21)16(20)14-5-3-2-4-6-14/h2-6,9-10,15-16,21H,7-8,11-12H2,1H3/t15-,16-/m0/s1. The van der Waals surface area contributed by atoms with Crippen molar-refractivity contribution in [1.29, 1.82) is 0 Å². The third kappa shape index (κ3) is 3.67. The first-order chi connectivity index (χ1) is 11.3. The molecular weight excluding hydrogens is 294 g/mol. The molecule has 1 N–H and O–H groups in total. The number of nitrogens with zero attached hydrogens (tertiary/aromatic N) is 3. The van der Waals surface area contributed by atoms with Gasteiger partial charge in [-0.15, -0.1) is 0 Å². The third-order valence-electron chi connectivity index (χ3n) is 4.03. The molecule has 23 heavy (non-hydrogen) atoms. The molecule has 2 aromatic rings. The van der Waals surface area contributed by atoms with E-state index in [2.05, 4.69) is 27.0 Å². The van der Waals surface area contributed by atoms with Gasteiger partial charge in [-0.3, -0.25) is 4.90 Å². The number of benzene rings is 1. The van der Waals surface area contributed by atoms with Gasteiger partial charge in [-0.1, -0.05) is 30.3 Å². The average Bonchev–Trinajstić information content (AvgIpc) is 2.63. The minimum atomic E-state index is -0.231. The molecule has 3 rings (SSSR count). The van der Waals surface area contributed by atoms with Gasteiger partial charge in [0, 0.05) is 31.0 Å². The van der Waals surface area contributed by atoms with E-state index in [9.17, 15) is 5.11 Å². The Balaban J connectivity index is 1.82. The molecule has 1 aromatic carbocycles. The Morgan fingerprint density at radius 2 is 2.00 bits per heavy atom. The van der Waals surface area contributed by atoms with Gasteiger partial charge in [0.05, 0.1) is 26.4 Å². The van der Waals surface area contributed by atoms with Crippen LogP contribution in [-0.2, 0) is 11.3 Å². The highest BCUT2D eigenvalue weighted by Crippen LogP contribution is 2.30. The molecule has 1 aromatic heterocycles. The van der Waals surface area contributed by atoms with Crippen molar-refractivity contribution < 1.29 is 14.6 Å². The lowest BCUT2D eigenvalue weighted by molar-refractivity contribution is -0.0961. The van der Waals surface area contributed by atoms with Gasteiger partial charge in [-0.05, 0) is 5.56 Å². The molecule has 0 spiro atoms. The Kier molecular flexibility index (Phi) is 5.17. The van der Waals surface area contributed by atoms with Crippen LogP contribution in [0.1, 0.15) is 17.2 Å². The zero-order valence-corrected chi connectivity index (χ0v) is 13.1. The second kappa shape index (κ2) is 7.50. The van der Waals surface area contributed by atoms with Crippen molar-refractivity contribution >= 4 is 0 Å². The van der Waals surface area contributed by atoms with E-state index < -0.39 is 0 Å². The van der Waals surface area contributed by atoms with E-state index in [4.69, 9.17) is 9.47 Å². The molecule has 1 saturated heterocycles. The van der Waals surface area contributed by atoms with Crippen molar-refractivity contribution in [3.05, 3.63) is 53.9 Å². The first kappa shape index (κ1) is 15.9. The first-order valence-electron chi connectivity index (χ1n) is 7.68. The van der Waals surface area contributed by atoms with E-state index in [1.54, 1.807) is 19.5 Å². The lowest BCUT2D eigenvalue weighted by Crippen LogP contribution is -2.46. The van der Waals surface area contributed by atoms with Gasteiger partial charge in [0.1, 0.15) is 6.10 Å². The van der Waals surface area contributed by atoms with Crippen LogP contribution in [0.5, 0.6) is 6.01 Å². The van der Waals surface area contributed by atoms with Crippen molar-refractivity contribution in [1.82, 2.24) is 14.9 Å². The van der Waals surface area contributed by atoms with Crippen LogP contribution in [0.2, 0.25) is 0 Å². The number of morpholine rings is 1. The van der Waals surface area contributed by atoms with Crippen molar-refractivity contribution in [2.75, 3.05) is 26.9 Å². The van der Waals surface area contributed by atoms with Crippen LogP contribution in [0.4, 0.5) is 0 Å². The molecule has 0 saturated carbocycles. The number of ether oxygens (including phenoxy) is 2. The predicted molar refractivity (Wildman–Crippen MR) is 85.0 cm³/mol. The molecular formula is C17H21N3O3. The Bertz CT molecular complexity index is 606. The summed E-state index contributed by atoms with van der Waals surface area (Å²) < 4.78 is 10.8. The summed E-state index contributed by atoms with van der Waals surface area (Å²) in [5, 5.41) is 9.68. The van der Waals surface area contributed by atoms with Gasteiger partial charge in [-0.2, -0.15) is 0 Å². The molecule has 0 radical (unpaired) electrons. The maximum atomic E-state index is 9.68. The van der Waals surface area contributed by atoms with Crippen LogP contribution in [0.15, 0.2) is 42.7 Å². The van der Waals surface area contributed by atoms with Crippen LogP contribution in [0, 0.1) is 0 Å². The summed E-state index contributed by atoms with van der Waals surface area (Å²) in [6, 6.07) is 10.5. The maximum absolute atomic E-state index is 9.68. The monoisotopic (exact) mass is 315 g/mol. The van der Waals surface area contributed by atoms with E-state index >= 15 is 0 Å². The fourth-order valence-electron chi connectivity index (χ4n) is 2.96. The molecule has 6 nitrogen and oxygen atoms in total. The quantitative estimate of drug-likeness (QED) is 0.900. The number of aliphatic hydroxyl groups excluding tert-OH is 1. The molecule has 0 aliphatic carbocycles. The third-order valence-corrected chi connectivity index (χ3v) is 4.03. The summed E-state index contributed by atoms with van der Waals surface area (Å²) in [5.41, 5.74) is 2.14. The summed E-state index contributed by atoms with van der Waals surface area (Å²) in [6.07, 6.45) is 3.32. The number of hydrogen-bond acceptors (Lipinski definition) is 6. The van der Waals surface area contributed by atoms with Crippen LogP contribution < -0.4 is 4.74 Å². The zero-order valence-electron chi connectivity index (χ0n) is 13.1. The van der Waals surface area contributed by atoms with Crippen molar-refractivity contribution in [3.63, 3.8) is 0 Å². The Morgan fingerprint density at radius 3 is 2.65 bits per heavy atom. The van der Waals surface area contributed by atoms with Gasteiger partial charge in [0.15, 0.2) is 0 Å². The fraction of sp³-hybridized carbons (Fsp3) is 0.412. The van der Waals surface area contributed by atoms with E-state index in [1.807, 2.05) is 18.2 Å². The second-order valence-electron chi connectivity index (χ2n) is 5.50. The molecule has 6 heteroatoms. The summed E-state index contributed by atoms with van der Waals surface area (Å²) in [5.74, 6) is 0. The lowest BCUT2D eigenvalue weighted by Gasteiger charge is -2.40. The van der Waals surface area contributed by atoms with Crippen LogP contribution >= 0.6 is 0 Å². The largest absolute Gasteiger partial charge is 0.467 e. The summed E-state index contributed by atoms with van der Waals surface area (Å²) in [7, 11) is 1.55. The molecule has 1 aliphatic rings. The van der Waals surface area contributed by atoms with Crippen LogP contribution in [0.25, 0.3) is 0 Å². The summed E-state index contributed by atoms with van der Waals surface area (Å²) >= 11 is 0. The minimum absolute atomic E-state index is 0.00479. The topological polar surface area (TPSA) is 67.7 Å². The molecule has 0 bridgehead atoms. The second-order valence-corrected chi connectivity index (χ2v) is 5.50. The summed E-state index contributed by atoms with van der Waals surface area (Å²) in [6.45, 7) is 2.09. The summed E-state index contributed by atoms with van der Waals surface area (Å²) in [4.78, 5) is 10.6. The number of aromatic nitrogens is 2. The van der Waals surface area contributed by atoms with E-state index in [1.165, 1.54) is 0 Å². The van der Waals surface area contributed by atoms with Gasteiger partial charge in [0.2, 0.25) is 0 Å². The van der Waals surface area contributed by atoms with E-state index in [0.717, 1.165) is 17.7 Å².